The molecule has 1 unspecified atom stereocenters. The van der Waals surface area contributed by atoms with Crippen LogP contribution < -0.4 is 10.1 Å². The first-order chi connectivity index (χ1) is 8.96. The van der Waals surface area contributed by atoms with Crippen LogP contribution in [-0.2, 0) is 6.42 Å². The third-order valence-electron chi connectivity index (χ3n) is 2.99. The Kier molecular flexibility index (Phi) is 6.28. The van der Waals surface area contributed by atoms with Gasteiger partial charge in [-0.15, -0.1) is 0 Å². The fourth-order valence-corrected chi connectivity index (χ4v) is 1.52. The molecule has 0 aliphatic carbocycles. The summed E-state index contributed by atoms with van der Waals surface area (Å²) in [6, 6.07) is 7.87. The summed E-state index contributed by atoms with van der Waals surface area (Å²) in [7, 11) is 0. The normalized spacial score (nSPS) is 13.3. The number of aliphatic hydroxyl groups is 2. The third-order valence-corrected chi connectivity index (χ3v) is 2.99. The highest BCUT2D eigenvalue weighted by molar-refractivity contribution is 5.27. The smallest absolute Gasteiger partial charge is 0.119 e. The predicted molar refractivity (Wildman–Crippen MR) is 76.5 cm³/mol. The Hall–Kier alpha value is -1.10. The third kappa shape index (κ3) is 6.05. The number of ether oxygens (including phenoxy) is 1. The van der Waals surface area contributed by atoms with Crippen molar-refractivity contribution in [3.8, 4) is 5.75 Å². The van der Waals surface area contributed by atoms with Crippen molar-refractivity contribution in [1.82, 2.24) is 5.32 Å². The standard InChI is InChI=1S/C15H25NO3/c1-4-12-5-7-14(8-6-12)19-10-13(18)9-16-15(2,3)11-17/h5-8,13,16-18H,4,9-11H2,1-3H3. The first-order valence-corrected chi connectivity index (χ1v) is 6.72. The molecule has 0 amide bonds. The van der Waals surface area contributed by atoms with E-state index < -0.39 is 6.10 Å². The maximum atomic E-state index is 9.80. The van der Waals surface area contributed by atoms with Crippen molar-refractivity contribution in [1.29, 1.82) is 0 Å². The van der Waals surface area contributed by atoms with Gasteiger partial charge in [0.15, 0.2) is 0 Å². The summed E-state index contributed by atoms with van der Waals surface area (Å²) >= 11 is 0. The first-order valence-electron chi connectivity index (χ1n) is 6.72. The van der Waals surface area contributed by atoms with Crippen molar-refractivity contribution in [2.24, 2.45) is 0 Å². The number of aryl methyl sites for hydroxylation is 1. The maximum absolute atomic E-state index is 9.80. The van der Waals surface area contributed by atoms with E-state index in [1.807, 2.05) is 38.1 Å². The Balaban J connectivity index is 2.31. The van der Waals surface area contributed by atoms with Gasteiger partial charge in [-0.3, -0.25) is 0 Å². The Labute approximate surface area is 115 Å². The van der Waals surface area contributed by atoms with Crippen LogP contribution in [0.1, 0.15) is 26.3 Å². The summed E-state index contributed by atoms with van der Waals surface area (Å²) < 4.78 is 5.51. The van der Waals surface area contributed by atoms with Crippen molar-refractivity contribution < 1.29 is 14.9 Å². The highest BCUT2D eigenvalue weighted by atomic mass is 16.5. The summed E-state index contributed by atoms with van der Waals surface area (Å²) in [5.74, 6) is 0.762. The number of benzene rings is 1. The van der Waals surface area contributed by atoms with Crippen LogP contribution in [0.15, 0.2) is 24.3 Å². The molecule has 4 nitrogen and oxygen atoms in total. The first kappa shape index (κ1) is 16.0. The molecule has 0 aliphatic rings. The summed E-state index contributed by atoms with van der Waals surface area (Å²) in [6.07, 6.45) is 0.403. The zero-order valence-electron chi connectivity index (χ0n) is 12.0. The van der Waals surface area contributed by atoms with Crippen molar-refractivity contribution in [2.75, 3.05) is 19.8 Å². The number of β-amino-alcohol motifs (C(OH)–C–C–N with tert-alkyl or cyclic N) is 1. The van der Waals surface area contributed by atoms with Gasteiger partial charge in [0, 0.05) is 12.1 Å². The Bertz CT molecular complexity index is 362. The van der Waals surface area contributed by atoms with E-state index in [9.17, 15) is 5.11 Å². The summed E-state index contributed by atoms with van der Waals surface area (Å²) in [4.78, 5) is 0. The lowest BCUT2D eigenvalue weighted by molar-refractivity contribution is 0.0906. The quantitative estimate of drug-likeness (QED) is 0.665. The average Bonchev–Trinajstić information content (AvgIpc) is 2.43. The van der Waals surface area contributed by atoms with E-state index >= 15 is 0 Å². The molecule has 0 fully saturated rings. The lowest BCUT2D eigenvalue weighted by atomic mass is 10.1. The topological polar surface area (TPSA) is 61.7 Å². The molecular weight excluding hydrogens is 242 g/mol. The molecule has 1 atom stereocenters. The number of nitrogens with one attached hydrogen (secondary N) is 1. The van der Waals surface area contributed by atoms with E-state index in [0.717, 1.165) is 12.2 Å². The highest BCUT2D eigenvalue weighted by Gasteiger charge is 2.17. The van der Waals surface area contributed by atoms with Crippen LogP contribution in [-0.4, -0.2) is 41.6 Å². The second-order valence-electron chi connectivity index (χ2n) is 5.39. The second-order valence-corrected chi connectivity index (χ2v) is 5.39. The van der Waals surface area contributed by atoms with Gasteiger partial charge in [-0.25, -0.2) is 0 Å². The van der Waals surface area contributed by atoms with Gasteiger partial charge in [0.2, 0.25) is 0 Å². The van der Waals surface area contributed by atoms with Crippen LogP contribution in [0.2, 0.25) is 0 Å². The van der Waals surface area contributed by atoms with Crippen molar-refractivity contribution in [3.05, 3.63) is 29.8 Å². The van der Waals surface area contributed by atoms with Gasteiger partial charge >= 0.3 is 0 Å². The fraction of sp³-hybridized carbons (Fsp3) is 0.600. The van der Waals surface area contributed by atoms with Gasteiger partial charge in [0.1, 0.15) is 18.5 Å². The van der Waals surface area contributed by atoms with E-state index in [1.54, 1.807) is 0 Å². The maximum Gasteiger partial charge on any atom is 0.119 e. The predicted octanol–water partition coefficient (Wildman–Crippen LogP) is 1.35. The Morgan fingerprint density at radius 1 is 1.26 bits per heavy atom. The fourth-order valence-electron chi connectivity index (χ4n) is 1.52. The summed E-state index contributed by atoms with van der Waals surface area (Å²) in [5, 5.41) is 22.0. The zero-order valence-corrected chi connectivity index (χ0v) is 12.0. The minimum absolute atomic E-state index is 0.0268. The lowest BCUT2D eigenvalue weighted by Gasteiger charge is -2.25. The highest BCUT2D eigenvalue weighted by Crippen LogP contribution is 2.12. The average molecular weight is 267 g/mol. The number of rotatable bonds is 8. The molecule has 0 spiro atoms. The molecule has 1 rings (SSSR count). The zero-order chi connectivity index (χ0) is 14.3. The molecule has 0 aliphatic heterocycles. The molecule has 0 aromatic heterocycles. The molecule has 4 heteroatoms. The number of hydrogen-bond donors (Lipinski definition) is 3. The molecular formula is C15H25NO3. The molecule has 1 aromatic carbocycles. The molecule has 0 heterocycles. The molecule has 0 saturated carbocycles. The van der Waals surface area contributed by atoms with E-state index in [-0.39, 0.29) is 18.8 Å². The SMILES string of the molecule is CCc1ccc(OCC(O)CNC(C)(C)CO)cc1. The summed E-state index contributed by atoms with van der Waals surface area (Å²) in [6.45, 7) is 6.52. The molecule has 3 N–H and O–H groups in total. The molecule has 0 saturated heterocycles. The van der Waals surface area contributed by atoms with E-state index in [1.165, 1.54) is 5.56 Å². The lowest BCUT2D eigenvalue weighted by Crippen LogP contribution is -2.47. The van der Waals surface area contributed by atoms with Gasteiger partial charge in [-0.05, 0) is 38.0 Å². The van der Waals surface area contributed by atoms with E-state index in [0.29, 0.717) is 6.54 Å². The van der Waals surface area contributed by atoms with E-state index in [4.69, 9.17) is 9.84 Å². The van der Waals surface area contributed by atoms with Gasteiger partial charge in [-0.1, -0.05) is 19.1 Å². The van der Waals surface area contributed by atoms with Gasteiger partial charge < -0.3 is 20.3 Å². The molecule has 0 radical (unpaired) electrons. The molecule has 1 aromatic rings. The van der Waals surface area contributed by atoms with Gasteiger partial charge in [0.25, 0.3) is 0 Å². The van der Waals surface area contributed by atoms with Gasteiger partial charge in [0.05, 0.1) is 6.61 Å². The number of aliphatic hydroxyl groups excluding tert-OH is 2. The van der Waals surface area contributed by atoms with Crippen molar-refractivity contribution >= 4 is 0 Å². The van der Waals surface area contributed by atoms with Crippen molar-refractivity contribution in [3.63, 3.8) is 0 Å². The summed E-state index contributed by atoms with van der Waals surface area (Å²) in [5.41, 5.74) is 0.878. The van der Waals surface area contributed by atoms with Gasteiger partial charge in [-0.2, -0.15) is 0 Å². The monoisotopic (exact) mass is 267 g/mol. The second kappa shape index (κ2) is 7.48. The van der Waals surface area contributed by atoms with Crippen LogP contribution in [0.4, 0.5) is 0 Å². The number of hydrogen-bond acceptors (Lipinski definition) is 4. The minimum Gasteiger partial charge on any atom is -0.491 e. The van der Waals surface area contributed by atoms with Crippen LogP contribution in [0.25, 0.3) is 0 Å². The van der Waals surface area contributed by atoms with Crippen LogP contribution >= 0.6 is 0 Å². The van der Waals surface area contributed by atoms with Crippen LogP contribution in [0.5, 0.6) is 5.75 Å². The Morgan fingerprint density at radius 3 is 2.42 bits per heavy atom. The molecule has 19 heavy (non-hydrogen) atoms. The van der Waals surface area contributed by atoms with Crippen molar-refractivity contribution in [2.45, 2.75) is 38.8 Å². The van der Waals surface area contributed by atoms with Crippen LogP contribution in [0.3, 0.4) is 0 Å². The van der Waals surface area contributed by atoms with Crippen LogP contribution in [0, 0.1) is 0 Å². The molecule has 108 valence electrons. The Morgan fingerprint density at radius 2 is 1.89 bits per heavy atom. The largest absolute Gasteiger partial charge is 0.491 e. The molecule has 0 bridgehead atoms. The minimum atomic E-state index is -0.600. The van der Waals surface area contributed by atoms with E-state index in [2.05, 4.69) is 12.2 Å².